The van der Waals surface area contributed by atoms with Crippen LogP contribution in [0.2, 0.25) is 0 Å². The first kappa shape index (κ1) is 13.4. The van der Waals surface area contributed by atoms with Gasteiger partial charge in [0.15, 0.2) is 0 Å². The van der Waals surface area contributed by atoms with Crippen LogP contribution in [0.3, 0.4) is 0 Å². The summed E-state index contributed by atoms with van der Waals surface area (Å²) in [5.41, 5.74) is -0.111. The van der Waals surface area contributed by atoms with Crippen LogP contribution in [0.15, 0.2) is 24.3 Å². The normalized spacial score (nSPS) is 24.8. The molecule has 1 aromatic rings. The van der Waals surface area contributed by atoms with Crippen LogP contribution in [0.25, 0.3) is 0 Å². The van der Waals surface area contributed by atoms with E-state index in [0.29, 0.717) is 0 Å². The molecule has 0 spiro atoms. The van der Waals surface area contributed by atoms with Crippen LogP contribution >= 0.6 is 0 Å². The Morgan fingerprint density at radius 1 is 1.28 bits per heavy atom. The average Bonchev–Trinajstić information content (AvgIpc) is 2.78. The van der Waals surface area contributed by atoms with Crippen molar-refractivity contribution in [3.8, 4) is 0 Å². The molecule has 2 rings (SSSR count). The van der Waals surface area contributed by atoms with Crippen LogP contribution in [0.1, 0.15) is 37.8 Å². The summed E-state index contributed by atoms with van der Waals surface area (Å²) in [7, 11) is 0. The minimum atomic E-state index is -4.27. The van der Waals surface area contributed by atoms with Gasteiger partial charge in [-0.3, -0.25) is 0 Å². The van der Waals surface area contributed by atoms with Gasteiger partial charge in [0.2, 0.25) is 0 Å². The van der Waals surface area contributed by atoms with Crippen molar-refractivity contribution in [1.82, 2.24) is 5.32 Å². The highest BCUT2D eigenvalue weighted by Crippen LogP contribution is 2.39. The van der Waals surface area contributed by atoms with Crippen LogP contribution in [0.5, 0.6) is 0 Å². The fourth-order valence-electron chi connectivity index (χ4n) is 2.81. The highest BCUT2D eigenvalue weighted by atomic mass is 19.4. The van der Waals surface area contributed by atoms with Gasteiger partial charge in [-0.1, -0.05) is 26.0 Å². The SMILES string of the molecule is CC(C)C1(c2cccc(C(F)(F)F)c2)CCCN1. The predicted molar refractivity (Wildman–Crippen MR) is 65.2 cm³/mol. The highest BCUT2D eigenvalue weighted by Gasteiger charge is 2.39. The van der Waals surface area contributed by atoms with Gasteiger partial charge in [0.05, 0.1) is 5.56 Å². The summed E-state index contributed by atoms with van der Waals surface area (Å²) in [6, 6.07) is 5.72. The number of alkyl halides is 3. The Balaban J connectivity index is 2.44. The van der Waals surface area contributed by atoms with Crippen molar-refractivity contribution in [3.63, 3.8) is 0 Å². The Bertz CT molecular complexity index is 417. The van der Waals surface area contributed by atoms with Crippen molar-refractivity contribution in [2.75, 3.05) is 6.54 Å². The Labute approximate surface area is 105 Å². The van der Waals surface area contributed by atoms with Crippen molar-refractivity contribution < 1.29 is 13.2 Å². The molecule has 1 fully saturated rings. The molecule has 1 saturated heterocycles. The van der Waals surface area contributed by atoms with E-state index in [-0.39, 0.29) is 11.5 Å². The number of benzene rings is 1. The summed E-state index contributed by atoms with van der Waals surface area (Å²) in [6.07, 6.45) is -2.37. The van der Waals surface area contributed by atoms with Crippen LogP contribution in [0.4, 0.5) is 13.2 Å². The van der Waals surface area contributed by atoms with Gasteiger partial charge < -0.3 is 5.32 Å². The molecule has 1 aliphatic rings. The smallest absolute Gasteiger partial charge is 0.307 e. The Morgan fingerprint density at radius 2 is 2.00 bits per heavy atom. The minimum absolute atomic E-state index is 0.267. The number of hydrogen-bond donors (Lipinski definition) is 1. The summed E-state index contributed by atoms with van der Waals surface area (Å²) < 4.78 is 38.3. The molecule has 100 valence electrons. The number of halogens is 3. The van der Waals surface area contributed by atoms with E-state index in [1.165, 1.54) is 12.1 Å². The number of nitrogens with one attached hydrogen (secondary N) is 1. The molecule has 1 heterocycles. The summed E-state index contributed by atoms with van der Waals surface area (Å²) in [5.74, 6) is 0.267. The first-order chi connectivity index (χ1) is 8.36. The Morgan fingerprint density at radius 3 is 2.50 bits per heavy atom. The largest absolute Gasteiger partial charge is 0.416 e. The first-order valence-corrected chi connectivity index (χ1v) is 6.29. The summed E-state index contributed by atoms with van der Waals surface area (Å²) in [4.78, 5) is 0. The maximum atomic E-state index is 12.8. The van der Waals surface area contributed by atoms with E-state index >= 15 is 0 Å². The monoisotopic (exact) mass is 257 g/mol. The second-order valence-corrected chi connectivity index (χ2v) is 5.23. The molecular weight excluding hydrogens is 239 g/mol. The lowest BCUT2D eigenvalue weighted by Gasteiger charge is -2.35. The van der Waals surface area contributed by atoms with Gasteiger partial charge >= 0.3 is 6.18 Å². The molecule has 4 heteroatoms. The van der Waals surface area contributed by atoms with E-state index in [1.807, 2.05) is 0 Å². The van der Waals surface area contributed by atoms with Gasteiger partial charge in [0.25, 0.3) is 0 Å². The Kier molecular flexibility index (Phi) is 3.41. The van der Waals surface area contributed by atoms with E-state index < -0.39 is 11.7 Å². The molecule has 1 aliphatic heterocycles. The standard InChI is InChI=1S/C14H18F3N/c1-10(2)13(7-4-8-18-13)11-5-3-6-12(9-11)14(15,16)17/h3,5-6,9-10,18H,4,7-8H2,1-2H3. The topological polar surface area (TPSA) is 12.0 Å². The van der Waals surface area contributed by atoms with Crippen LogP contribution in [0, 0.1) is 5.92 Å². The summed E-state index contributed by atoms with van der Waals surface area (Å²) in [5, 5.41) is 3.40. The average molecular weight is 257 g/mol. The molecule has 1 atom stereocenters. The van der Waals surface area contributed by atoms with Gasteiger partial charge in [-0.25, -0.2) is 0 Å². The maximum Gasteiger partial charge on any atom is 0.416 e. The molecule has 0 bridgehead atoms. The zero-order valence-electron chi connectivity index (χ0n) is 10.6. The molecule has 18 heavy (non-hydrogen) atoms. The third-order valence-corrected chi connectivity index (χ3v) is 3.88. The molecule has 0 radical (unpaired) electrons. The predicted octanol–water partition coefficient (Wildman–Crippen LogP) is 3.94. The molecule has 0 amide bonds. The molecule has 0 aliphatic carbocycles. The molecule has 0 aromatic heterocycles. The van der Waals surface area contributed by atoms with Gasteiger partial charge in [-0.15, -0.1) is 0 Å². The van der Waals surface area contributed by atoms with Crippen molar-refractivity contribution in [1.29, 1.82) is 0 Å². The number of hydrogen-bond acceptors (Lipinski definition) is 1. The fraction of sp³-hybridized carbons (Fsp3) is 0.571. The van der Waals surface area contributed by atoms with Gasteiger partial charge in [0, 0.05) is 5.54 Å². The second kappa shape index (κ2) is 4.57. The molecule has 1 nitrogen and oxygen atoms in total. The van der Waals surface area contributed by atoms with E-state index in [4.69, 9.17) is 0 Å². The van der Waals surface area contributed by atoms with E-state index in [1.54, 1.807) is 6.07 Å². The zero-order chi connectivity index (χ0) is 13.4. The van der Waals surface area contributed by atoms with Gasteiger partial charge in [-0.2, -0.15) is 13.2 Å². The lowest BCUT2D eigenvalue weighted by Crippen LogP contribution is -2.41. The van der Waals surface area contributed by atoms with Crippen molar-refractivity contribution >= 4 is 0 Å². The van der Waals surface area contributed by atoms with Gasteiger partial charge in [-0.05, 0) is 43.0 Å². The van der Waals surface area contributed by atoms with Crippen molar-refractivity contribution in [3.05, 3.63) is 35.4 Å². The zero-order valence-corrected chi connectivity index (χ0v) is 10.6. The first-order valence-electron chi connectivity index (χ1n) is 6.29. The van der Waals surface area contributed by atoms with Crippen molar-refractivity contribution in [2.45, 2.75) is 38.4 Å². The summed E-state index contributed by atoms with van der Waals surface area (Å²) in [6.45, 7) is 4.98. The second-order valence-electron chi connectivity index (χ2n) is 5.23. The van der Waals surface area contributed by atoms with E-state index in [9.17, 15) is 13.2 Å². The van der Waals surface area contributed by atoms with Crippen LogP contribution in [-0.4, -0.2) is 6.54 Å². The summed E-state index contributed by atoms with van der Waals surface area (Å²) >= 11 is 0. The lowest BCUT2D eigenvalue weighted by molar-refractivity contribution is -0.137. The highest BCUT2D eigenvalue weighted by molar-refractivity contribution is 5.32. The maximum absolute atomic E-state index is 12.8. The quantitative estimate of drug-likeness (QED) is 0.846. The molecule has 1 N–H and O–H groups in total. The van der Waals surface area contributed by atoms with Crippen LogP contribution < -0.4 is 5.32 Å². The third-order valence-electron chi connectivity index (χ3n) is 3.88. The van der Waals surface area contributed by atoms with Crippen LogP contribution in [-0.2, 0) is 11.7 Å². The number of rotatable bonds is 2. The third kappa shape index (κ3) is 2.26. The van der Waals surface area contributed by atoms with Gasteiger partial charge in [0.1, 0.15) is 0 Å². The molecular formula is C14H18F3N. The van der Waals surface area contributed by atoms with E-state index in [2.05, 4.69) is 19.2 Å². The minimum Gasteiger partial charge on any atom is -0.307 e. The molecule has 1 unspecified atom stereocenters. The fourth-order valence-corrected chi connectivity index (χ4v) is 2.81. The lowest BCUT2D eigenvalue weighted by atomic mass is 9.78. The van der Waals surface area contributed by atoms with Crippen molar-refractivity contribution in [2.24, 2.45) is 5.92 Å². The van der Waals surface area contributed by atoms with E-state index in [0.717, 1.165) is 31.0 Å². The Hall–Kier alpha value is -1.03. The molecule has 0 saturated carbocycles. The molecule has 1 aromatic carbocycles.